The van der Waals surface area contributed by atoms with Gasteiger partial charge < -0.3 is 24.0 Å². The first-order valence-electron chi connectivity index (χ1n) is 13.7. The van der Waals surface area contributed by atoms with E-state index in [1.54, 1.807) is 12.1 Å². The van der Waals surface area contributed by atoms with Gasteiger partial charge in [-0.25, -0.2) is 9.18 Å². The largest absolute Gasteiger partial charge is 0.573 e. The van der Waals surface area contributed by atoms with E-state index < -0.39 is 18.1 Å². The second-order valence-corrected chi connectivity index (χ2v) is 11.8. The van der Waals surface area contributed by atoms with Crippen LogP contribution in [0.1, 0.15) is 66.3 Å². The number of hydrogen-bond donors (Lipinski definition) is 1. The van der Waals surface area contributed by atoms with Crippen molar-refractivity contribution in [3.05, 3.63) is 59.2 Å². The molecule has 2 aromatic carbocycles. The molecule has 2 aromatic heterocycles. The first kappa shape index (κ1) is 27.1. The van der Waals surface area contributed by atoms with Crippen molar-refractivity contribution in [3.8, 4) is 17.0 Å². The highest BCUT2D eigenvalue weighted by molar-refractivity contribution is 7.13. The fourth-order valence-electron chi connectivity index (χ4n) is 6.37. The van der Waals surface area contributed by atoms with Crippen LogP contribution < -0.4 is 9.64 Å². The lowest BCUT2D eigenvalue weighted by Gasteiger charge is -2.40. The van der Waals surface area contributed by atoms with Gasteiger partial charge in [-0.1, -0.05) is 17.3 Å². The summed E-state index contributed by atoms with van der Waals surface area (Å²) >= 11 is 1.04. The van der Waals surface area contributed by atoms with Gasteiger partial charge in [0.1, 0.15) is 23.0 Å². The molecule has 4 heterocycles. The van der Waals surface area contributed by atoms with Gasteiger partial charge in [0, 0.05) is 34.5 Å². The molecule has 13 heteroatoms. The molecular formula is C29H25F4N3O5S. The zero-order valence-electron chi connectivity index (χ0n) is 22.1. The smallest absolute Gasteiger partial charge is 0.476 e. The summed E-state index contributed by atoms with van der Waals surface area (Å²) in [6.07, 6.45) is -0.176. The van der Waals surface area contributed by atoms with Crippen LogP contribution in [0.5, 0.6) is 5.75 Å². The van der Waals surface area contributed by atoms with Gasteiger partial charge in [0.25, 0.3) is 0 Å². The topological polar surface area (TPSA) is 97.9 Å². The number of nitrogens with zero attached hydrogens (tertiary/aromatic N) is 3. The van der Waals surface area contributed by atoms with Gasteiger partial charge in [0.15, 0.2) is 5.69 Å². The zero-order valence-corrected chi connectivity index (χ0v) is 22.9. The lowest BCUT2D eigenvalue weighted by atomic mass is 9.98. The number of rotatable bonds is 8. The molecule has 0 amide bonds. The number of fused-ring (bicyclic) bond motifs is 3. The third-order valence-corrected chi connectivity index (χ3v) is 9.12. The number of para-hydroxylation sites is 1. The van der Waals surface area contributed by atoms with Crippen molar-refractivity contribution in [1.29, 1.82) is 0 Å². The summed E-state index contributed by atoms with van der Waals surface area (Å²) in [5, 5.41) is 13.8. The van der Waals surface area contributed by atoms with E-state index in [-0.39, 0.29) is 58.8 Å². The van der Waals surface area contributed by atoms with E-state index in [0.29, 0.717) is 34.6 Å². The molecule has 4 aromatic rings. The number of carboxylic acids is 1. The lowest BCUT2D eigenvalue weighted by Crippen LogP contribution is -2.46. The number of ether oxygens (including phenoxy) is 2. The van der Waals surface area contributed by atoms with Gasteiger partial charge in [-0.05, 0) is 74.3 Å². The Balaban J connectivity index is 1.11. The number of piperidine rings is 1. The molecule has 3 aliphatic rings. The van der Waals surface area contributed by atoms with Crippen LogP contribution in [-0.4, -0.2) is 45.2 Å². The summed E-state index contributed by atoms with van der Waals surface area (Å²) in [5.41, 5.74) is 1.37. The van der Waals surface area contributed by atoms with Crippen LogP contribution in [0.4, 0.5) is 23.2 Å². The molecule has 3 fully saturated rings. The van der Waals surface area contributed by atoms with Crippen LogP contribution in [0.25, 0.3) is 21.3 Å². The van der Waals surface area contributed by atoms with Crippen LogP contribution in [0.2, 0.25) is 0 Å². The highest BCUT2D eigenvalue weighted by Gasteiger charge is 2.43. The number of hydrogen-bond acceptors (Lipinski definition) is 8. The molecule has 2 atom stereocenters. The Labute approximate surface area is 241 Å². The number of alkyl halides is 3. The summed E-state index contributed by atoms with van der Waals surface area (Å²) in [6.45, 7) is 0.119. The number of anilines is 1. The van der Waals surface area contributed by atoms with E-state index in [1.807, 2.05) is 0 Å². The number of aromatic nitrogens is 2. The second kappa shape index (κ2) is 10.2. The van der Waals surface area contributed by atoms with E-state index >= 15 is 4.39 Å². The summed E-state index contributed by atoms with van der Waals surface area (Å²) < 4.78 is 75.5. The van der Waals surface area contributed by atoms with Crippen molar-refractivity contribution in [1.82, 2.24) is 9.53 Å². The highest BCUT2D eigenvalue weighted by Crippen LogP contribution is 2.47. The minimum absolute atomic E-state index is 0.0262. The number of benzene rings is 2. The standard InChI is InChI=1S/C29H25F4N3O5S/c30-21-11-19-24(42-35-26(19)28(37)38)12-22(21)36-15-7-8-16(36)10-17(9-15)39-13-20-25(34-41-27(20)14-5-6-14)18-3-1-2-4-23(18)40-29(31,32)33/h1-4,11-12,14-17H,5-10,13H2,(H,37,38). The number of aromatic carboxylic acids is 1. The molecule has 7 rings (SSSR count). The Morgan fingerprint density at radius 3 is 2.55 bits per heavy atom. The monoisotopic (exact) mass is 603 g/mol. The molecule has 2 bridgehead atoms. The first-order valence-corrected chi connectivity index (χ1v) is 14.5. The molecule has 2 saturated heterocycles. The predicted octanol–water partition coefficient (Wildman–Crippen LogP) is 7.28. The maximum absolute atomic E-state index is 15.3. The van der Waals surface area contributed by atoms with Gasteiger partial charge in [0.05, 0.1) is 23.1 Å². The van der Waals surface area contributed by atoms with Crippen molar-refractivity contribution in [2.45, 2.75) is 75.6 Å². The average molecular weight is 604 g/mol. The van der Waals surface area contributed by atoms with Crippen molar-refractivity contribution >= 4 is 33.3 Å². The Hall–Kier alpha value is -3.71. The fourth-order valence-corrected chi connectivity index (χ4v) is 7.16. The molecule has 42 heavy (non-hydrogen) atoms. The first-order chi connectivity index (χ1) is 20.2. The van der Waals surface area contributed by atoms with Crippen molar-refractivity contribution in [3.63, 3.8) is 0 Å². The Bertz CT molecular complexity index is 1650. The Morgan fingerprint density at radius 2 is 1.86 bits per heavy atom. The molecule has 0 radical (unpaired) electrons. The van der Waals surface area contributed by atoms with Crippen molar-refractivity contribution < 1.29 is 41.5 Å². The number of carbonyl (C=O) groups is 1. The normalized spacial score (nSPS) is 22.2. The average Bonchev–Trinajstić information content (AvgIpc) is 3.47. The third-order valence-electron chi connectivity index (χ3n) is 8.31. The predicted molar refractivity (Wildman–Crippen MR) is 144 cm³/mol. The molecule has 1 saturated carbocycles. The van der Waals surface area contributed by atoms with Crippen LogP contribution in [0, 0.1) is 5.82 Å². The second-order valence-electron chi connectivity index (χ2n) is 11.0. The minimum Gasteiger partial charge on any atom is -0.476 e. The Morgan fingerprint density at radius 1 is 1.12 bits per heavy atom. The van der Waals surface area contributed by atoms with E-state index in [4.69, 9.17) is 9.26 Å². The van der Waals surface area contributed by atoms with E-state index in [9.17, 15) is 23.1 Å². The summed E-state index contributed by atoms with van der Waals surface area (Å²) in [5.74, 6) is -1.24. The van der Waals surface area contributed by atoms with Gasteiger partial charge >= 0.3 is 12.3 Å². The van der Waals surface area contributed by atoms with E-state index in [2.05, 4.69) is 19.2 Å². The van der Waals surface area contributed by atoms with Crippen molar-refractivity contribution in [2.24, 2.45) is 0 Å². The maximum atomic E-state index is 15.3. The van der Waals surface area contributed by atoms with Crippen LogP contribution >= 0.6 is 11.5 Å². The minimum atomic E-state index is -4.86. The molecule has 1 N–H and O–H groups in total. The molecule has 8 nitrogen and oxygen atoms in total. The molecular weight excluding hydrogens is 578 g/mol. The maximum Gasteiger partial charge on any atom is 0.573 e. The highest BCUT2D eigenvalue weighted by atomic mass is 32.1. The fraction of sp³-hybridized carbons (Fsp3) is 0.414. The van der Waals surface area contributed by atoms with Gasteiger partial charge in [0.2, 0.25) is 0 Å². The summed E-state index contributed by atoms with van der Waals surface area (Å²) in [7, 11) is 0. The van der Waals surface area contributed by atoms with Crippen LogP contribution in [0.15, 0.2) is 40.9 Å². The molecule has 1 aliphatic carbocycles. The van der Waals surface area contributed by atoms with Gasteiger partial charge in [-0.15, -0.1) is 13.2 Å². The zero-order chi connectivity index (χ0) is 29.2. The van der Waals surface area contributed by atoms with Crippen LogP contribution in [0.3, 0.4) is 0 Å². The van der Waals surface area contributed by atoms with Gasteiger partial charge in [-0.3, -0.25) is 0 Å². The van der Waals surface area contributed by atoms with Crippen LogP contribution in [-0.2, 0) is 11.3 Å². The molecule has 220 valence electrons. The Kier molecular flexibility index (Phi) is 6.61. The molecule has 2 aliphatic heterocycles. The quantitative estimate of drug-likeness (QED) is 0.210. The van der Waals surface area contributed by atoms with E-state index in [0.717, 1.165) is 37.2 Å². The number of halogens is 4. The number of carboxylic acid groups (broad SMARTS) is 1. The van der Waals surface area contributed by atoms with E-state index in [1.165, 1.54) is 24.3 Å². The summed E-state index contributed by atoms with van der Waals surface area (Å²) in [4.78, 5) is 13.5. The lowest BCUT2D eigenvalue weighted by molar-refractivity contribution is -0.274. The summed E-state index contributed by atoms with van der Waals surface area (Å²) in [6, 6.07) is 8.85. The SMILES string of the molecule is O=C(O)c1nsc2cc(N3C4CCC3CC(OCc3c(-c5ccccc5OC(F)(F)F)noc3C3CC3)C4)c(F)cc12. The molecule has 2 unspecified atom stereocenters. The third kappa shape index (κ3) is 4.98. The van der Waals surface area contributed by atoms with Gasteiger partial charge in [-0.2, -0.15) is 4.37 Å². The molecule has 0 spiro atoms. The van der Waals surface area contributed by atoms with Crippen molar-refractivity contribution in [2.75, 3.05) is 4.90 Å².